The Labute approximate surface area is 89.1 Å². The van der Waals surface area contributed by atoms with E-state index in [-0.39, 0.29) is 4.90 Å². The number of rotatable bonds is 5. The van der Waals surface area contributed by atoms with Gasteiger partial charge in [-0.15, -0.1) is 0 Å². The fourth-order valence-electron chi connectivity index (χ4n) is 0.953. The first-order valence-corrected chi connectivity index (χ1v) is 3.99. The first kappa shape index (κ1) is 13.8. The van der Waals surface area contributed by atoms with E-state index in [9.17, 15) is 19.2 Å². The quantitative estimate of drug-likeness (QED) is 0.377. The van der Waals surface area contributed by atoms with Crippen molar-refractivity contribution in [2.75, 3.05) is 13.1 Å². The Hall–Kier alpha value is -2.16. The van der Waals surface area contributed by atoms with Crippen LogP contribution in [0.25, 0.3) is 0 Å². The molecule has 0 aromatic carbocycles. The molecule has 0 aliphatic carbocycles. The molecule has 0 aromatic rings. The van der Waals surface area contributed by atoms with Gasteiger partial charge in [-0.2, -0.15) is 0 Å². The van der Waals surface area contributed by atoms with Gasteiger partial charge in [-0.1, -0.05) is 0 Å². The van der Waals surface area contributed by atoms with Crippen molar-refractivity contribution >= 4 is 23.8 Å². The molecule has 0 aromatic heterocycles. The van der Waals surface area contributed by atoms with Crippen LogP contribution in [0.4, 0.5) is 0 Å². The molecule has 0 unspecified atom stereocenters. The van der Waals surface area contributed by atoms with Crippen molar-refractivity contribution in [2.45, 2.75) is 6.04 Å². The summed E-state index contributed by atoms with van der Waals surface area (Å²) in [6.45, 7) is -1.62. The van der Waals surface area contributed by atoms with Crippen molar-refractivity contribution in [3.63, 3.8) is 0 Å². The van der Waals surface area contributed by atoms with Gasteiger partial charge >= 0.3 is 23.8 Å². The van der Waals surface area contributed by atoms with Gasteiger partial charge in [-0.05, 0) is 0 Å². The Bertz CT molecular complexity index is 327. The van der Waals surface area contributed by atoms with Crippen molar-refractivity contribution in [3.05, 3.63) is 0 Å². The Morgan fingerprint density at radius 1 is 1.12 bits per heavy atom. The molecule has 0 spiro atoms. The molecule has 0 bridgehead atoms. The lowest BCUT2D eigenvalue weighted by Crippen LogP contribution is -2.53. The van der Waals surface area contributed by atoms with Crippen molar-refractivity contribution in [3.8, 4) is 0 Å². The molecule has 0 saturated heterocycles. The van der Waals surface area contributed by atoms with Crippen LogP contribution in [0.1, 0.15) is 0 Å². The highest BCUT2D eigenvalue weighted by atomic mass is 16.4. The lowest BCUT2D eigenvalue weighted by Gasteiger charge is -2.24. The molecule has 5 N–H and O–H groups in total. The predicted octanol–water partition coefficient (Wildman–Crippen LogP) is -2.60. The average Bonchev–Trinajstić information content (AvgIpc) is 2.14. The van der Waals surface area contributed by atoms with Crippen LogP contribution < -0.4 is 5.73 Å². The fraction of sp³-hybridized carbons (Fsp3) is 0.429. The maximum absolute atomic E-state index is 11.0. The van der Waals surface area contributed by atoms with Crippen molar-refractivity contribution < 1.29 is 34.5 Å². The first-order chi connectivity index (χ1) is 7.31. The van der Waals surface area contributed by atoms with E-state index in [1.807, 2.05) is 0 Å². The molecule has 90 valence electrons. The SMILES string of the molecule is NC[C@H](C(=O)O)N(CC(=O)O)C(=O)C(=O)O. The lowest BCUT2D eigenvalue weighted by molar-refractivity contribution is -0.162. The zero-order valence-corrected chi connectivity index (χ0v) is 7.99. The monoisotopic (exact) mass is 234 g/mol. The van der Waals surface area contributed by atoms with Crippen molar-refractivity contribution in [1.82, 2.24) is 4.90 Å². The Balaban J connectivity index is 5.05. The van der Waals surface area contributed by atoms with Crippen LogP contribution in [-0.2, 0) is 19.2 Å². The molecule has 0 rings (SSSR count). The maximum Gasteiger partial charge on any atom is 0.394 e. The number of amides is 1. The second-order valence-electron chi connectivity index (χ2n) is 2.72. The molecule has 0 heterocycles. The topological polar surface area (TPSA) is 158 Å². The minimum Gasteiger partial charge on any atom is -0.480 e. The van der Waals surface area contributed by atoms with Crippen molar-refractivity contribution in [1.29, 1.82) is 0 Å². The molecule has 0 fully saturated rings. The number of nitrogens with two attached hydrogens (primary N) is 1. The zero-order valence-electron chi connectivity index (χ0n) is 7.99. The summed E-state index contributed by atoms with van der Waals surface area (Å²) in [5.41, 5.74) is 5.03. The number of carboxylic acid groups (broad SMARTS) is 3. The van der Waals surface area contributed by atoms with E-state index in [1.54, 1.807) is 0 Å². The molecule has 1 amide bonds. The predicted molar refractivity (Wildman–Crippen MR) is 47.5 cm³/mol. The maximum atomic E-state index is 11.0. The number of carbonyl (C=O) groups excluding carboxylic acids is 1. The van der Waals surface area contributed by atoms with Crippen LogP contribution in [0.3, 0.4) is 0 Å². The molecule has 1 atom stereocenters. The summed E-state index contributed by atoms with van der Waals surface area (Å²) >= 11 is 0. The fourth-order valence-corrected chi connectivity index (χ4v) is 0.953. The summed E-state index contributed by atoms with van der Waals surface area (Å²) in [5, 5.41) is 25.4. The second-order valence-corrected chi connectivity index (χ2v) is 2.72. The van der Waals surface area contributed by atoms with Gasteiger partial charge in [0.1, 0.15) is 12.6 Å². The van der Waals surface area contributed by atoms with Gasteiger partial charge in [-0.3, -0.25) is 9.59 Å². The third-order valence-electron chi connectivity index (χ3n) is 1.63. The smallest absolute Gasteiger partial charge is 0.394 e. The van der Waals surface area contributed by atoms with Gasteiger partial charge in [0.25, 0.3) is 0 Å². The van der Waals surface area contributed by atoms with Gasteiger partial charge in [0.05, 0.1) is 0 Å². The molecule has 9 heteroatoms. The standard InChI is InChI=1S/C7H10N2O7/c8-1-3(6(13)14)9(2-4(10)11)5(12)7(15)16/h3H,1-2,8H2,(H,10,11)(H,13,14)(H,15,16)/t3-/m1/s1. The summed E-state index contributed by atoms with van der Waals surface area (Å²) in [4.78, 5) is 42.5. The Kier molecular flexibility index (Phi) is 4.89. The van der Waals surface area contributed by atoms with Crippen LogP contribution in [0.15, 0.2) is 0 Å². The third kappa shape index (κ3) is 3.53. The summed E-state index contributed by atoms with van der Waals surface area (Å²) in [6, 6.07) is -1.68. The number of hydrogen-bond donors (Lipinski definition) is 4. The molecule has 0 aliphatic heterocycles. The van der Waals surface area contributed by atoms with E-state index >= 15 is 0 Å². The summed E-state index contributed by atoms with van der Waals surface area (Å²) in [6.07, 6.45) is 0. The second kappa shape index (κ2) is 5.66. The highest BCUT2D eigenvalue weighted by Gasteiger charge is 2.33. The molecular formula is C7H10N2O7. The summed E-state index contributed by atoms with van der Waals surface area (Å²) < 4.78 is 0. The lowest BCUT2D eigenvalue weighted by atomic mass is 10.2. The number of nitrogens with zero attached hydrogens (tertiary/aromatic N) is 1. The Morgan fingerprint density at radius 3 is 1.88 bits per heavy atom. The van der Waals surface area contributed by atoms with E-state index in [0.29, 0.717) is 0 Å². The normalized spacial score (nSPS) is 11.6. The van der Waals surface area contributed by atoms with E-state index < -0.39 is 42.9 Å². The van der Waals surface area contributed by atoms with Gasteiger partial charge in [-0.25, -0.2) is 9.59 Å². The Morgan fingerprint density at radius 2 is 1.62 bits per heavy atom. The van der Waals surface area contributed by atoms with Crippen LogP contribution in [0.2, 0.25) is 0 Å². The minimum atomic E-state index is -1.94. The molecular weight excluding hydrogens is 224 g/mol. The molecule has 16 heavy (non-hydrogen) atoms. The molecule has 0 aliphatic rings. The van der Waals surface area contributed by atoms with Gasteiger partial charge in [0, 0.05) is 6.54 Å². The van der Waals surface area contributed by atoms with Gasteiger partial charge in [0.15, 0.2) is 0 Å². The van der Waals surface area contributed by atoms with E-state index in [2.05, 4.69) is 0 Å². The van der Waals surface area contributed by atoms with Crippen LogP contribution >= 0.6 is 0 Å². The van der Waals surface area contributed by atoms with Crippen LogP contribution in [-0.4, -0.2) is 63.2 Å². The molecule has 9 nitrogen and oxygen atoms in total. The summed E-state index contributed by atoms with van der Waals surface area (Å²) in [5.74, 6) is -6.67. The van der Waals surface area contributed by atoms with Gasteiger partial charge in [0.2, 0.25) is 0 Å². The van der Waals surface area contributed by atoms with Crippen molar-refractivity contribution in [2.24, 2.45) is 5.73 Å². The summed E-state index contributed by atoms with van der Waals surface area (Å²) in [7, 11) is 0. The highest BCUT2D eigenvalue weighted by molar-refractivity contribution is 6.32. The third-order valence-corrected chi connectivity index (χ3v) is 1.63. The van der Waals surface area contributed by atoms with Crippen LogP contribution in [0.5, 0.6) is 0 Å². The number of hydrogen-bond acceptors (Lipinski definition) is 5. The average molecular weight is 234 g/mol. The van der Waals surface area contributed by atoms with E-state index in [4.69, 9.17) is 21.1 Å². The molecule has 0 radical (unpaired) electrons. The highest BCUT2D eigenvalue weighted by Crippen LogP contribution is 2.00. The van der Waals surface area contributed by atoms with Crippen LogP contribution in [0, 0.1) is 0 Å². The van der Waals surface area contributed by atoms with E-state index in [1.165, 1.54) is 0 Å². The minimum absolute atomic E-state index is 0.174. The molecule has 0 saturated carbocycles. The largest absolute Gasteiger partial charge is 0.480 e. The first-order valence-electron chi connectivity index (χ1n) is 3.99. The zero-order chi connectivity index (χ0) is 12.9. The number of carbonyl (C=O) groups is 4. The number of aliphatic carboxylic acids is 3. The van der Waals surface area contributed by atoms with E-state index in [0.717, 1.165) is 0 Å². The van der Waals surface area contributed by atoms with Gasteiger partial charge < -0.3 is 26.0 Å². The number of carboxylic acids is 3.